The van der Waals surface area contributed by atoms with Crippen molar-refractivity contribution in [3.8, 4) is 0 Å². The van der Waals surface area contributed by atoms with E-state index in [4.69, 9.17) is 0 Å². The van der Waals surface area contributed by atoms with E-state index in [1.54, 1.807) is 0 Å². The van der Waals surface area contributed by atoms with E-state index in [-0.39, 0.29) is 35.0 Å². The molecule has 0 aromatic heterocycles. The van der Waals surface area contributed by atoms with Crippen molar-refractivity contribution in [3.05, 3.63) is 67.2 Å². The third-order valence-corrected chi connectivity index (χ3v) is 1.11. The molecule has 0 unspecified atom stereocenters. The molecule has 0 heterocycles. The van der Waals surface area contributed by atoms with Gasteiger partial charge in [-0.05, 0) is 0 Å². The molecule has 0 aliphatic carbocycles. The molecule has 110 valence electrons. The molecular formula is C17H30Si2Zr. The Kier molecular flexibility index (Phi) is 21.3. The molecule has 0 bridgehead atoms. The monoisotopic (exact) mass is 380 g/mol. The Morgan fingerprint density at radius 3 is 0.950 bits per heavy atom. The van der Waals surface area contributed by atoms with Gasteiger partial charge in [-0.1, -0.05) is 39.3 Å². The van der Waals surface area contributed by atoms with Crippen molar-refractivity contribution >= 4 is 16.9 Å². The first-order valence-corrected chi connectivity index (χ1v) is 13.4. The molecule has 0 saturated carbocycles. The maximum absolute atomic E-state index is 3.91. The van der Waals surface area contributed by atoms with Gasteiger partial charge in [0.15, 0.2) is 0 Å². The van der Waals surface area contributed by atoms with Crippen molar-refractivity contribution in [3.63, 3.8) is 0 Å². The van der Waals surface area contributed by atoms with Crippen LogP contribution in [0.15, 0.2) is 60.7 Å². The molecule has 3 heteroatoms. The molecule has 0 aliphatic rings. The van der Waals surface area contributed by atoms with Crippen LogP contribution in [0.4, 0.5) is 0 Å². The van der Waals surface area contributed by atoms with Gasteiger partial charge in [-0.2, -0.15) is 36.4 Å². The average Bonchev–Trinajstić information content (AvgIpc) is 2.94. The molecule has 2 rings (SSSR count). The second kappa shape index (κ2) is 17.1. The van der Waals surface area contributed by atoms with Crippen molar-refractivity contribution in [1.82, 2.24) is 0 Å². The maximum Gasteiger partial charge on any atom is 3.00 e. The minimum Gasteiger partial charge on any atom is -0.342 e. The van der Waals surface area contributed by atoms with Gasteiger partial charge in [0, 0.05) is 8.80 Å². The van der Waals surface area contributed by atoms with Gasteiger partial charge >= 0.3 is 26.2 Å². The number of rotatable bonds is 0. The standard InChI is InChI=1S/2C5H5.C4H11Si.C3H9Si.Zr/c2*1-2-4-5-3-1;1-5(2,3)4;1-4(2)3;/h2*1-5H;1H2,2-4H3;1-3H3;/q3*-1;;+3. The van der Waals surface area contributed by atoms with E-state index in [0.717, 1.165) is 0 Å². The van der Waals surface area contributed by atoms with E-state index in [0.29, 0.717) is 0 Å². The van der Waals surface area contributed by atoms with Gasteiger partial charge in [-0.3, -0.25) is 0 Å². The molecule has 0 saturated heterocycles. The van der Waals surface area contributed by atoms with Crippen LogP contribution in [0.5, 0.6) is 0 Å². The van der Waals surface area contributed by atoms with Gasteiger partial charge < -0.3 is 6.55 Å². The van der Waals surface area contributed by atoms with Crippen molar-refractivity contribution in [2.75, 3.05) is 0 Å². The van der Waals surface area contributed by atoms with Crippen molar-refractivity contribution in [2.24, 2.45) is 0 Å². The van der Waals surface area contributed by atoms with E-state index in [1.165, 1.54) is 0 Å². The topological polar surface area (TPSA) is 0 Å². The first-order valence-electron chi connectivity index (χ1n) is 6.69. The van der Waals surface area contributed by atoms with Gasteiger partial charge in [0.2, 0.25) is 0 Å². The normalized spacial score (nSPS) is 8.80. The van der Waals surface area contributed by atoms with Crippen molar-refractivity contribution < 1.29 is 26.2 Å². The molecule has 20 heavy (non-hydrogen) atoms. The van der Waals surface area contributed by atoms with E-state index in [9.17, 15) is 0 Å². The van der Waals surface area contributed by atoms with E-state index >= 15 is 0 Å². The Morgan fingerprint density at radius 1 is 0.750 bits per heavy atom. The SMILES string of the molecule is C[Si](C)C.[CH2-][Si](C)(C)C.[Zr+3].c1cc[cH-]c1.c1cc[cH-]c1. The molecule has 0 spiro atoms. The van der Waals surface area contributed by atoms with Crippen LogP contribution in [0.3, 0.4) is 0 Å². The summed E-state index contributed by atoms with van der Waals surface area (Å²) in [6, 6.07) is 20.0. The summed E-state index contributed by atoms with van der Waals surface area (Å²) in [6.45, 7) is 17.4. The largest absolute Gasteiger partial charge is 3.00 e. The minimum absolute atomic E-state index is 0. The third-order valence-electron chi connectivity index (χ3n) is 1.11. The van der Waals surface area contributed by atoms with E-state index < -0.39 is 8.07 Å². The van der Waals surface area contributed by atoms with Crippen LogP contribution in [0, 0.1) is 6.55 Å². The van der Waals surface area contributed by atoms with E-state index in [2.05, 4.69) is 45.8 Å². The van der Waals surface area contributed by atoms with Gasteiger partial charge in [-0.15, -0.1) is 8.07 Å². The van der Waals surface area contributed by atoms with Crippen LogP contribution in [0.1, 0.15) is 0 Å². The maximum atomic E-state index is 3.91. The summed E-state index contributed by atoms with van der Waals surface area (Å²) in [7, 11) is -0.741. The Labute approximate surface area is 149 Å². The Balaban J connectivity index is -0.000000191. The second-order valence-corrected chi connectivity index (χ2v) is 14.1. The summed E-state index contributed by atoms with van der Waals surface area (Å²) >= 11 is 0. The zero-order valence-corrected chi connectivity index (χ0v) is 18.4. The second-order valence-electron chi connectivity index (χ2n) is 5.99. The van der Waals surface area contributed by atoms with Crippen LogP contribution in [0.2, 0.25) is 39.3 Å². The van der Waals surface area contributed by atoms with Crippen molar-refractivity contribution in [1.29, 1.82) is 0 Å². The first-order chi connectivity index (χ1) is 8.73. The van der Waals surface area contributed by atoms with Crippen LogP contribution in [-0.2, 0) is 26.2 Å². The smallest absolute Gasteiger partial charge is 0.342 e. The molecule has 2 radical (unpaired) electrons. The number of hydrogen-bond acceptors (Lipinski definition) is 0. The average molecular weight is 382 g/mol. The summed E-state index contributed by atoms with van der Waals surface area (Å²) in [5.41, 5.74) is 0. The summed E-state index contributed by atoms with van der Waals surface area (Å²) < 4.78 is 0. The summed E-state index contributed by atoms with van der Waals surface area (Å²) in [4.78, 5) is 0. The van der Waals surface area contributed by atoms with Crippen LogP contribution < -0.4 is 0 Å². The predicted molar refractivity (Wildman–Crippen MR) is 96.1 cm³/mol. The Bertz CT molecular complexity index is 249. The molecule has 0 aliphatic heterocycles. The zero-order chi connectivity index (χ0) is 15.1. The molecular weight excluding hydrogens is 352 g/mol. The van der Waals surface area contributed by atoms with Gasteiger partial charge in [-0.25, -0.2) is 24.3 Å². The summed E-state index contributed by atoms with van der Waals surface area (Å²) in [6.07, 6.45) is 0. The van der Waals surface area contributed by atoms with Gasteiger partial charge in [0.25, 0.3) is 0 Å². The summed E-state index contributed by atoms with van der Waals surface area (Å²) in [5.74, 6) is 0. The van der Waals surface area contributed by atoms with Gasteiger partial charge in [0.1, 0.15) is 0 Å². The molecule has 0 atom stereocenters. The molecule has 0 amide bonds. The molecule has 0 fully saturated rings. The fourth-order valence-corrected chi connectivity index (χ4v) is 0.642. The van der Waals surface area contributed by atoms with Crippen LogP contribution in [-0.4, -0.2) is 16.9 Å². The fraction of sp³-hybridized carbons (Fsp3) is 0.353. The number of hydrogen-bond donors (Lipinski definition) is 0. The van der Waals surface area contributed by atoms with Crippen LogP contribution in [0.25, 0.3) is 0 Å². The molecule has 2 aromatic rings. The van der Waals surface area contributed by atoms with Crippen LogP contribution >= 0.6 is 0 Å². The Hall–Kier alpha value is 0.0169. The molecule has 0 nitrogen and oxygen atoms in total. The summed E-state index contributed by atoms with van der Waals surface area (Å²) in [5, 5.41) is 0. The van der Waals surface area contributed by atoms with Gasteiger partial charge in [0.05, 0.1) is 0 Å². The fourth-order valence-electron chi connectivity index (χ4n) is 0.642. The van der Waals surface area contributed by atoms with E-state index in [1.807, 2.05) is 60.7 Å². The predicted octanol–water partition coefficient (Wildman–Crippen LogP) is 5.88. The zero-order valence-electron chi connectivity index (χ0n) is 14.0. The minimum atomic E-state index is -0.861. The third kappa shape index (κ3) is 52.0. The quantitative estimate of drug-likeness (QED) is 0.395. The molecule has 0 N–H and O–H groups in total. The Morgan fingerprint density at radius 2 is 0.900 bits per heavy atom. The van der Waals surface area contributed by atoms with Crippen molar-refractivity contribution in [2.45, 2.75) is 39.3 Å². The first kappa shape index (κ1) is 25.0. The molecule has 2 aromatic carbocycles.